The van der Waals surface area contributed by atoms with Gasteiger partial charge in [-0.2, -0.15) is 0 Å². The van der Waals surface area contributed by atoms with Gasteiger partial charge in [-0.25, -0.2) is 9.37 Å². The fourth-order valence-electron chi connectivity index (χ4n) is 3.67. The second-order valence-corrected chi connectivity index (χ2v) is 9.41. The van der Waals surface area contributed by atoms with Crippen LogP contribution in [0.1, 0.15) is 16.6 Å². The van der Waals surface area contributed by atoms with Crippen LogP contribution in [0.3, 0.4) is 0 Å². The van der Waals surface area contributed by atoms with Crippen LogP contribution in [0.2, 0.25) is 0 Å². The van der Waals surface area contributed by atoms with E-state index >= 15 is 0 Å². The SMILES string of the molecule is O=C(O)[C@@H]1COCCN1CC1=C(/C=C/Br)C(c2ccc(F)cc2Br)N=C(c2nccs2)N1. The molecule has 0 radical (unpaired) electrons. The van der Waals surface area contributed by atoms with Gasteiger partial charge in [-0.3, -0.25) is 14.7 Å². The number of aromatic nitrogens is 1. The monoisotopic (exact) mass is 584 g/mol. The van der Waals surface area contributed by atoms with E-state index in [-0.39, 0.29) is 12.4 Å². The van der Waals surface area contributed by atoms with Crippen molar-refractivity contribution in [2.75, 3.05) is 26.3 Å². The van der Waals surface area contributed by atoms with Crippen LogP contribution in [0, 0.1) is 5.82 Å². The van der Waals surface area contributed by atoms with Gasteiger partial charge < -0.3 is 15.2 Å². The average Bonchev–Trinajstić information content (AvgIpc) is 3.30. The summed E-state index contributed by atoms with van der Waals surface area (Å²) in [6.45, 7) is 1.43. The van der Waals surface area contributed by atoms with E-state index in [0.29, 0.717) is 35.0 Å². The molecule has 11 heteroatoms. The van der Waals surface area contributed by atoms with Crippen molar-refractivity contribution in [2.45, 2.75) is 12.1 Å². The van der Waals surface area contributed by atoms with Crippen molar-refractivity contribution in [3.05, 3.63) is 73.0 Å². The summed E-state index contributed by atoms with van der Waals surface area (Å²) in [5, 5.41) is 15.6. The van der Waals surface area contributed by atoms with E-state index in [9.17, 15) is 14.3 Å². The Balaban J connectivity index is 1.79. The number of hydrogen-bond acceptors (Lipinski definition) is 7. The van der Waals surface area contributed by atoms with Crippen LogP contribution >= 0.6 is 43.2 Å². The van der Waals surface area contributed by atoms with Crippen LogP contribution in [0.25, 0.3) is 0 Å². The van der Waals surface area contributed by atoms with Gasteiger partial charge in [0, 0.05) is 40.4 Å². The first-order valence-corrected chi connectivity index (χ1v) is 12.3. The molecule has 0 amide bonds. The third-order valence-corrected chi connectivity index (χ3v) is 6.92. The number of morpholine rings is 1. The summed E-state index contributed by atoms with van der Waals surface area (Å²) >= 11 is 8.28. The van der Waals surface area contributed by atoms with Crippen LogP contribution in [-0.4, -0.2) is 59.1 Å². The van der Waals surface area contributed by atoms with E-state index < -0.39 is 18.1 Å². The quantitative estimate of drug-likeness (QED) is 0.531. The standard InChI is InChI=1S/C21H19Br2FN4O3S/c22-4-3-14-16(10-28-6-7-31-11-17(28)21(29)30)26-19(20-25-5-8-32-20)27-18(14)13-2-1-12(24)9-15(13)23/h1-5,8-9,17-18H,6-7,10-11H2,(H,26,27)(H,29,30)/b4-3+/t17-,18?/m0/s1. The predicted octanol–water partition coefficient (Wildman–Crippen LogP) is 4.08. The zero-order valence-electron chi connectivity index (χ0n) is 16.7. The highest BCUT2D eigenvalue weighted by Crippen LogP contribution is 2.37. The van der Waals surface area contributed by atoms with Crippen LogP contribution in [0.5, 0.6) is 0 Å². The van der Waals surface area contributed by atoms with Crippen molar-refractivity contribution >= 4 is 55.0 Å². The minimum absolute atomic E-state index is 0.132. The van der Waals surface area contributed by atoms with E-state index in [0.717, 1.165) is 16.8 Å². The molecule has 2 aliphatic heterocycles. The Morgan fingerprint density at radius 2 is 2.31 bits per heavy atom. The van der Waals surface area contributed by atoms with Gasteiger partial charge in [0.15, 0.2) is 10.8 Å². The highest BCUT2D eigenvalue weighted by molar-refractivity contribution is 9.11. The van der Waals surface area contributed by atoms with Crippen molar-refractivity contribution in [1.82, 2.24) is 15.2 Å². The third-order valence-electron chi connectivity index (χ3n) is 5.19. The number of aliphatic carboxylic acids is 1. The molecule has 0 bridgehead atoms. The number of thiazole rings is 1. The molecule has 1 fully saturated rings. The first-order valence-electron chi connectivity index (χ1n) is 9.72. The molecular formula is C21H19Br2FN4O3S. The summed E-state index contributed by atoms with van der Waals surface area (Å²) in [4.78, 5) is 24.6. The number of nitrogens with zero attached hydrogens (tertiary/aromatic N) is 3. The minimum atomic E-state index is -0.926. The molecule has 7 nitrogen and oxygen atoms in total. The maximum atomic E-state index is 13.8. The number of amidine groups is 1. The number of halogens is 3. The zero-order chi connectivity index (χ0) is 22.7. The Hall–Kier alpha value is -1.92. The maximum absolute atomic E-state index is 13.8. The smallest absolute Gasteiger partial charge is 0.323 e. The number of rotatable bonds is 6. The molecule has 1 aromatic heterocycles. The fraction of sp³-hybridized carbons (Fsp3) is 0.286. The number of aliphatic imine (C=N–C) groups is 1. The Morgan fingerprint density at radius 1 is 1.47 bits per heavy atom. The number of ether oxygens (including phenoxy) is 1. The van der Waals surface area contributed by atoms with E-state index in [1.54, 1.807) is 17.2 Å². The predicted molar refractivity (Wildman–Crippen MR) is 128 cm³/mol. The molecule has 1 aromatic carbocycles. The Kier molecular flexibility index (Phi) is 7.51. The minimum Gasteiger partial charge on any atom is -0.480 e. The fourth-order valence-corrected chi connectivity index (χ4v) is 5.11. The van der Waals surface area contributed by atoms with Crippen LogP contribution in [0.4, 0.5) is 4.39 Å². The lowest BCUT2D eigenvalue weighted by molar-refractivity contribution is -0.149. The highest BCUT2D eigenvalue weighted by atomic mass is 79.9. The summed E-state index contributed by atoms with van der Waals surface area (Å²) in [6.07, 6.45) is 3.58. The van der Waals surface area contributed by atoms with Crippen LogP contribution < -0.4 is 5.32 Å². The molecule has 1 saturated heterocycles. The summed E-state index contributed by atoms with van der Waals surface area (Å²) in [6, 6.07) is 3.32. The molecule has 32 heavy (non-hydrogen) atoms. The summed E-state index contributed by atoms with van der Waals surface area (Å²) in [7, 11) is 0. The molecule has 3 heterocycles. The van der Waals surface area contributed by atoms with Gasteiger partial charge in [0.25, 0.3) is 0 Å². The van der Waals surface area contributed by atoms with Crippen molar-refractivity contribution in [3.8, 4) is 0 Å². The number of benzene rings is 1. The summed E-state index contributed by atoms with van der Waals surface area (Å²) < 4.78 is 19.7. The van der Waals surface area contributed by atoms with Gasteiger partial charge >= 0.3 is 5.97 Å². The molecule has 2 aromatic rings. The van der Waals surface area contributed by atoms with E-state index in [4.69, 9.17) is 9.73 Å². The zero-order valence-corrected chi connectivity index (χ0v) is 20.7. The van der Waals surface area contributed by atoms with Crippen molar-refractivity contribution < 1.29 is 19.0 Å². The molecular weight excluding hydrogens is 567 g/mol. The molecule has 4 rings (SSSR count). The molecule has 2 aliphatic rings. The largest absolute Gasteiger partial charge is 0.480 e. The van der Waals surface area contributed by atoms with Gasteiger partial charge in [-0.1, -0.05) is 37.9 Å². The van der Waals surface area contributed by atoms with E-state index in [1.807, 2.05) is 16.4 Å². The number of carboxylic acid groups (broad SMARTS) is 1. The molecule has 2 N–H and O–H groups in total. The Bertz CT molecular complexity index is 1090. The number of nitrogens with one attached hydrogen (secondary N) is 1. The second kappa shape index (κ2) is 10.3. The van der Waals surface area contributed by atoms with Gasteiger partial charge in [0.05, 0.1) is 13.2 Å². The maximum Gasteiger partial charge on any atom is 0.323 e. The highest BCUT2D eigenvalue weighted by Gasteiger charge is 2.33. The normalized spacial score (nSPS) is 22.2. The summed E-state index contributed by atoms with van der Waals surface area (Å²) in [5.74, 6) is -0.688. The third kappa shape index (κ3) is 5.01. The van der Waals surface area contributed by atoms with E-state index in [1.165, 1.54) is 23.5 Å². The molecule has 0 spiro atoms. The lowest BCUT2D eigenvalue weighted by Gasteiger charge is -2.35. The van der Waals surface area contributed by atoms with Gasteiger partial charge in [-0.05, 0) is 28.8 Å². The van der Waals surface area contributed by atoms with Gasteiger partial charge in [0.1, 0.15) is 17.9 Å². The molecule has 2 atom stereocenters. The molecule has 168 valence electrons. The van der Waals surface area contributed by atoms with Crippen LogP contribution in [-0.2, 0) is 9.53 Å². The molecule has 0 saturated carbocycles. The van der Waals surface area contributed by atoms with Crippen molar-refractivity contribution in [3.63, 3.8) is 0 Å². The molecule has 1 unspecified atom stereocenters. The number of hydrogen-bond donors (Lipinski definition) is 2. The molecule has 0 aliphatic carbocycles. The second-order valence-electron chi connectivity index (χ2n) is 7.13. The average molecular weight is 586 g/mol. The summed E-state index contributed by atoms with van der Waals surface area (Å²) in [5.41, 5.74) is 2.43. The van der Waals surface area contributed by atoms with E-state index in [2.05, 4.69) is 42.2 Å². The number of carboxylic acids is 1. The van der Waals surface area contributed by atoms with Gasteiger partial charge in [-0.15, -0.1) is 11.3 Å². The van der Waals surface area contributed by atoms with Crippen molar-refractivity contribution in [1.29, 1.82) is 0 Å². The first kappa shape index (κ1) is 23.2. The van der Waals surface area contributed by atoms with Crippen LogP contribution in [0.15, 0.2) is 61.6 Å². The lowest BCUT2D eigenvalue weighted by Crippen LogP contribution is -2.52. The first-order chi connectivity index (χ1) is 15.5. The van der Waals surface area contributed by atoms with Gasteiger partial charge in [0.2, 0.25) is 0 Å². The Morgan fingerprint density at radius 3 is 3.00 bits per heavy atom. The van der Waals surface area contributed by atoms with Crippen molar-refractivity contribution in [2.24, 2.45) is 4.99 Å². The topological polar surface area (TPSA) is 87.1 Å². The number of carbonyl (C=O) groups is 1. The Labute approximate surface area is 205 Å². The lowest BCUT2D eigenvalue weighted by atomic mass is 9.95.